The van der Waals surface area contributed by atoms with Crippen LogP contribution in [0.1, 0.15) is 24.0 Å². The lowest BCUT2D eigenvalue weighted by molar-refractivity contribution is -0.0226. The Bertz CT molecular complexity index is 388. The Balaban J connectivity index is 1.67. The maximum absolute atomic E-state index is 6.01. The summed E-state index contributed by atoms with van der Waals surface area (Å²) in [5.41, 5.74) is 9.14. The Morgan fingerprint density at radius 2 is 1.94 bits per heavy atom. The van der Waals surface area contributed by atoms with E-state index in [1.54, 1.807) is 0 Å². The summed E-state index contributed by atoms with van der Waals surface area (Å²) in [7, 11) is 0. The third-order valence-electron chi connectivity index (χ3n) is 4.30. The van der Waals surface area contributed by atoms with Gasteiger partial charge in [0.1, 0.15) is 0 Å². The number of hydrogen-bond donors (Lipinski definition) is 1. The van der Waals surface area contributed by atoms with Crippen LogP contribution in [0, 0.1) is 5.41 Å². The zero-order valence-electron chi connectivity index (χ0n) is 10.9. The Kier molecular flexibility index (Phi) is 3.37. The number of rotatable bonds is 3. The topological polar surface area (TPSA) is 38.5 Å². The van der Waals surface area contributed by atoms with Gasteiger partial charge in [0, 0.05) is 38.2 Å². The van der Waals surface area contributed by atoms with Gasteiger partial charge in [0.2, 0.25) is 0 Å². The van der Waals surface area contributed by atoms with Gasteiger partial charge in [0.25, 0.3) is 0 Å². The second kappa shape index (κ2) is 5.00. The fourth-order valence-corrected chi connectivity index (χ4v) is 3.25. The van der Waals surface area contributed by atoms with Gasteiger partial charge < -0.3 is 10.5 Å². The highest BCUT2D eigenvalue weighted by Crippen LogP contribution is 2.32. The van der Waals surface area contributed by atoms with E-state index in [-0.39, 0.29) is 5.41 Å². The molecule has 98 valence electrons. The number of nitrogens with two attached hydrogens (primary N) is 1. The molecule has 1 atom stereocenters. The molecule has 1 aromatic carbocycles. The van der Waals surface area contributed by atoms with Crippen LogP contribution in [0.4, 0.5) is 0 Å². The van der Waals surface area contributed by atoms with E-state index in [1.807, 2.05) is 0 Å². The molecule has 0 radical (unpaired) electrons. The highest BCUT2D eigenvalue weighted by atomic mass is 16.5. The van der Waals surface area contributed by atoms with Crippen molar-refractivity contribution in [2.24, 2.45) is 11.1 Å². The van der Waals surface area contributed by atoms with Crippen molar-refractivity contribution < 1.29 is 4.74 Å². The maximum Gasteiger partial charge on any atom is 0.0546 e. The molecule has 2 aliphatic rings. The molecule has 3 nitrogen and oxygen atoms in total. The van der Waals surface area contributed by atoms with Crippen LogP contribution in [-0.4, -0.2) is 31.2 Å². The van der Waals surface area contributed by atoms with Gasteiger partial charge in [-0.2, -0.15) is 0 Å². The van der Waals surface area contributed by atoms with Crippen LogP contribution in [0.15, 0.2) is 24.3 Å². The van der Waals surface area contributed by atoms with Gasteiger partial charge in [0.05, 0.1) is 6.61 Å². The summed E-state index contributed by atoms with van der Waals surface area (Å²) in [5, 5.41) is 0. The van der Waals surface area contributed by atoms with E-state index in [0.717, 1.165) is 45.8 Å². The van der Waals surface area contributed by atoms with Crippen molar-refractivity contribution in [3.05, 3.63) is 35.4 Å². The van der Waals surface area contributed by atoms with Crippen LogP contribution in [0.5, 0.6) is 0 Å². The molecule has 0 amide bonds. The molecule has 18 heavy (non-hydrogen) atoms. The van der Waals surface area contributed by atoms with Gasteiger partial charge in [-0.1, -0.05) is 24.3 Å². The van der Waals surface area contributed by atoms with Gasteiger partial charge in [-0.05, 0) is 24.0 Å². The minimum atomic E-state index is 0.181. The average Bonchev–Trinajstić information content (AvgIpc) is 2.81. The minimum absolute atomic E-state index is 0.181. The first-order valence-corrected chi connectivity index (χ1v) is 6.88. The third-order valence-corrected chi connectivity index (χ3v) is 4.30. The van der Waals surface area contributed by atoms with Crippen molar-refractivity contribution in [1.82, 2.24) is 4.90 Å². The van der Waals surface area contributed by atoms with Crippen LogP contribution >= 0.6 is 0 Å². The molecule has 1 fully saturated rings. The van der Waals surface area contributed by atoms with Gasteiger partial charge in [-0.25, -0.2) is 0 Å². The quantitative estimate of drug-likeness (QED) is 0.883. The van der Waals surface area contributed by atoms with E-state index >= 15 is 0 Å². The Morgan fingerprint density at radius 1 is 1.22 bits per heavy atom. The maximum atomic E-state index is 6.01. The summed E-state index contributed by atoms with van der Waals surface area (Å²) >= 11 is 0. The van der Waals surface area contributed by atoms with Crippen LogP contribution in [0.3, 0.4) is 0 Å². The molecule has 1 aromatic rings. The first kappa shape index (κ1) is 12.2. The molecule has 0 bridgehead atoms. The summed E-state index contributed by atoms with van der Waals surface area (Å²) in [6, 6.07) is 8.74. The highest BCUT2D eigenvalue weighted by Gasteiger charge is 2.34. The lowest BCUT2D eigenvalue weighted by Gasteiger charge is -2.38. The molecular weight excluding hydrogens is 224 g/mol. The minimum Gasteiger partial charge on any atom is -0.381 e. The van der Waals surface area contributed by atoms with Crippen LogP contribution in [-0.2, 0) is 17.8 Å². The molecule has 2 N–H and O–H groups in total. The van der Waals surface area contributed by atoms with E-state index < -0.39 is 0 Å². The van der Waals surface area contributed by atoms with Crippen molar-refractivity contribution in [3.8, 4) is 0 Å². The fourth-order valence-electron chi connectivity index (χ4n) is 3.25. The number of benzene rings is 1. The first-order valence-electron chi connectivity index (χ1n) is 6.88. The van der Waals surface area contributed by atoms with Gasteiger partial charge in [-0.3, -0.25) is 4.90 Å². The average molecular weight is 246 g/mol. The molecule has 1 unspecified atom stereocenters. The molecule has 2 heterocycles. The number of hydrogen-bond acceptors (Lipinski definition) is 3. The van der Waals surface area contributed by atoms with Gasteiger partial charge in [-0.15, -0.1) is 0 Å². The molecule has 1 saturated heterocycles. The molecule has 0 saturated carbocycles. The first-order chi connectivity index (χ1) is 8.81. The van der Waals surface area contributed by atoms with E-state index in [2.05, 4.69) is 29.2 Å². The number of nitrogens with zero attached hydrogens (tertiary/aromatic N) is 1. The third kappa shape index (κ3) is 2.30. The van der Waals surface area contributed by atoms with Crippen LogP contribution < -0.4 is 5.73 Å². The van der Waals surface area contributed by atoms with Gasteiger partial charge in [0.15, 0.2) is 0 Å². The number of fused-ring (bicyclic) bond motifs is 1. The largest absolute Gasteiger partial charge is 0.381 e. The zero-order valence-corrected chi connectivity index (χ0v) is 10.9. The van der Waals surface area contributed by atoms with Crippen LogP contribution in [0.2, 0.25) is 0 Å². The summed E-state index contributed by atoms with van der Waals surface area (Å²) in [6.07, 6.45) is 2.36. The van der Waals surface area contributed by atoms with Crippen molar-refractivity contribution in [1.29, 1.82) is 0 Å². The highest BCUT2D eigenvalue weighted by molar-refractivity contribution is 5.30. The monoisotopic (exact) mass is 246 g/mol. The van der Waals surface area contributed by atoms with Crippen molar-refractivity contribution in [3.63, 3.8) is 0 Å². The molecular formula is C15H22N2O. The predicted octanol–water partition coefficient (Wildman–Crippen LogP) is 1.76. The molecule has 3 heteroatoms. The van der Waals surface area contributed by atoms with Crippen molar-refractivity contribution >= 4 is 0 Å². The van der Waals surface area contributed by atoms with E-state index in [4.69, 9.17) is 10.5 Å². The molecule has 2 aliphatic heterocycles. The van der Waals surface area contributed by atoms with E-state index in [0.29, 0.717) is 0 Å². The van der Waals surface area contributed by atoms with Crippen LogP contribution in [0.25, 0.3) is 0 Å². The fraction of sp³-hybridized carbons (Fsp3) is 0.600. The Morgan fingerprint density at radius 3 is 2.50 bits per heavy atom. The summed E-state index contributed by atoms with van der Waals surface area (Å²) in [6.45, 7) is 5.67. The van der Waals surface area contributed by atoms with E-state index in [1.165, 1.54) is 17.5 Å². The summed E-state index contributed by atoms with van der Waals surface area (Å²) in [5.74, 6) is 0. The lowest BCUT2D eigenvalue weighted by Crippen LogP contribution is -2.46. The predicted molar refractivity (Wildman–Crippen MR) is 72.1 cm³/mol. The van der Waals surface area contributed by atoms with Crippen molar-refractivity contribution in [2.75, 3.05) is 26.3 Å². The van der Waals surface area contributed by atoms with Gasteiger partial charge >= 0.3 is 0 Å². The normalized spacial score (nSPS) is 28.3. The smallest absolute Gasteiger partial charge is 0.0546 e. The zero-order chi connectivity index (χ0) is 12.4. The molecule has 3 rings (SSSR count). The molecule has 0 aromatic heterocycles. The Labute approximate surface area is 109 Å². The molecule has 0 aliphatic carbocycles. The number of ether oxygens (including phenoxy) is 1. The lowest BCUT2D eigenvalue weighted by atomic mass is 9.82. The summed E-state index contributed by atoms with van der Waals surface area (Å²) < 4.78 is 5.66. The SMILES string of the molecule is NCC1(CN2Cc3ccccc3C2)CCCOC1. The summed E-state index contributed by atoms with van der Waals surface area (Å²) in [4.78, 5) is 2.52. The van der Waals surface area contributed by atoms with E-state index in [9.17, 15) is 0 Å². The molecule has 0 spiro atoms. The standard InChI is InChI=1S/C15H22N2O/c16-10-15(6-3-7-18-12-15)11-17-8-13-4-1-2-5-14(13)9-17/h1-2,4-5H,3,6-12,16H2. The second-order valence-corrected chi connectivity index (χ2v) is 5.77. The Hall–Kier alpha value is -0.900. The second-order valence-electron chi connectivity index (χ2n) is 5.77. The van der Waals surface area contributed by atoms with Crippen molar-refractivity contribution in [2.45, 2.75) is 25.9 Å².